The van der Waals surface area contributed by atoms with Crippen LogP contribution in [0.4, 0.5) is 23.4 Å². The summed E-state index contributed by atoms with van der Waals surface area (Å²) < 4.78 is 16.5. The van der Waals surface area contributed by atoms with Gasteiger partial charge in [-0.2, -0.15) is 4.98 Å². The molecule has 59 heavy (non-hydrogen) atoms. The Kier molecular flexibility index (Phi) is 12.4. The number of nitrogens with one attached hydrogen (secondary N) is 1. The van der Waals surface area contributed by atoms with E-state index in [-0.39, 0.29) is 5.91 Å². The Morgan fingerprint density at radius 1 is 0.797 bits per heavy atom. The van der Waals surface area contributed by atoms with Crippen molar-refractivity contribution in [3.8, 4) is 22.8 Å². The Hall–Kier alpha value is -5.90. The Morgan fingerprint density at radius 3 is 1.98 bits per heavy atom. The van der Waals surface area contributed by atoms with Gasteiger partial charge in [-0.05, 0) is 84.8 Å². The summed E-state index contributed by atoms with van der Waals surface area (Å²) in [5.41, 5.74) is 6.25. The minimum Gasteiger partial charge on any atom is -0.497 e. The number of anilines is 4. The summed E-state index contributed by atoms with van der Waals surface area (Å²) in [6, 6.07) is 23.7. The number of likely N-dealkylation sites (N-methyl/N-ethyl adjacent to an activating group) is 1. The van der Waals surface area contributed by atoms with Gasteiger partial charge in [0.25, 0.3) is 5.91 Å². The maximum Gasteiger partial charge on any atom is 0.253 e. The highest BCUT2D eigenvalue weighted by atomic mass is 32.1. The van der Waals surface area contributed by atoms with Gasteiger partial charge in [-0.15, -0.1) is 0 Å². The van der Waals surface area contributed by atoms with Crippen LogP contribution in [0.3, 0.4) is 0 Å². The molecule has 2 saturated heterocycles. The lowest BCUT2D eigenvalue weighted by Gasteiger charge is -2.34. The van der Waals surface area contributed by atoms with Crippen LogP contribution in [0.25, 0.3) is 11.3 Å². The van der Waals surface area contributed by atoms with Crippen molar-refractivity contribution in [2.45, 2.75) is 26.4 Å². The molecule has 5 heterocycles. The molecule has 15 heteroatoms. The van der Waals surface area contributed by atoms with Crippen molar-refractivity contribution in [2.24, 2.45) is 0 Å². The minimum absolute atomic E-state index is 0.0578. The molecule has 0 atom stereocenters. The second-order valence-electron chi connectivity index (χ2n) is 14.7. The lowest BCUT2D eigenvalue weighted by Crippen LogP contribution is -2.48. The smallest absolute Gasteiger partial charge is 0.253 e. The molecule has 1 N–H and O–H groups in total. The van der Waals surface area contributed by atoms with Gasteiger partial charge in [0, 0.05) is 93.7 Å². The number of aromatic nitrogens is 4. The lowest BCUT2D eigenvalue weighted by molar-refractivity contribution is 0.0643. The maximum atomic E-state index is 13.2. The molecule has 3 aromatic carbocycles. The fourth-order valence-electron chi connectivity index (χ4n) is 7.63. The number of methoxy groups -OCH3 is 2. The summed E-state index contributed by atoms with van der Waals surface area (Å²) in [6.45, 7) is 10.8. The van der Waals surface area contributed by atoms with E-state index < -0.39 is 0 Å². The Bertz CT molecular complexity index is 2160. The fraction of sp³-hybridized carbons (Fsp3) is 0.364. The highest BCUT2D eigenvalue weighted by molar-refractivity contribution is 7.80. The molecule has 0 unspecified atom stereocenters. The molecule has 2 aromatic heterocycles. The Balaban J connectivity index is 1.04. The van der Waals surface area contributed by atoms with Crippen LogP contribution in [0.2, 0.25) is 0 Å². The average molecular weight is 815 g/mol. The summed E-state index contributed by atoms with van der Waals surface area (Å²) in [6.07, 6.45) is 4.40. The molecule has 0 spiro atoms. The summed E-state index contributed by atoms with van der Waals surface area (Å²) in [4.78, 5) is 44.0. The normalized spacial score (nSPS) is 15.5. The van der Waals surface area contributed by atoms with Gasteiger partial charge >= 0.3 is 0 Å². The SMILES string of the molecule is CCN1CCN(C(=O)c2ccc(NC(=S)N3CCc4c(-c5cnc(N(Cc6ccc(OC)cc6)Cc6ccc(OC)cc6)nc5)nc(N5CCOCC5)nc43)cc2)CC1. The molecule has 0 radical (unpaired) electrons. The van der Waals surface area contributed by atoms with Crippen LogP contribution in [0.15, 0.2) is 85.2 Å². The quantitative estimate of drug-likeness (QED) is 0.159. The predicted molar refractivity (Wildman–Crippen MR) is 234 cm³/mol. The first kappa shape index (κ1) is 39.9. The third-order valence-electron chi connectivity index (χ3n) is 11.1. The number of rotatable bonds is 12. The number of benzene rings is 3. The van der Waals surface area contributed by atoms with Crippen molar-refractivity contribution in [3.05, 3.63) is 107 Å². The van der Waals surface area contributed by atoms with Gasteiger partial charge in [-0.25, -0.2) is 15.0 Å². The zero-order chi connectivity index (χ0) is 40.7. The number of thiocarbonyl (C=S) groups is 1. The van der Waals surface area contributed by atoms with Crippen LogP contribution in [-0.2, 0) is 24.2 Å². The predicted octanol–water partition coefficient (Wildman–Crippen LogP) is 5.53. The van der Waals surface area contributed by atoms with Gasteiger partial charge in [0.2, 0.25) is 11.9 Å². The summed E-state index contributed by atoms with van der Waals surface area (Å²) in [5.74, 6) is 3.64. The standard InChI is InChI=1S/C44H50N10O4S/c1-4-50-19-21-51(22-20-50)41(55)33-9-11-35(12-10-33)47-44(59)54-18-17-38-39(48-43(49-40(38)54)52-23-25-58-26-24-52)34-27-45-42(46-28-34)53(29-31-5-13-36(56-2)14-6-31)30-32-7-15-37(57-3)16-8-32/h5-16,27-28H,4,17-26,29-30H2,1-3H3,(H,47,59). The molecule has 0 aliphatic carbocycles. The molecule has 8 rings (SSSR count). The number of morpholine rings is 1. The maximum absolute atomic E-state index is 13.2. The monoisotopic (exact) mass is 814 g/mol. The molecule has 2 fully saturated rings. The highest BCUT2D eigenvalue weighted by Gasteiger charge is 2.31. The zero-order valence-corrected chi connectivity index (χ0v) is 34.7. The summed E-state index contributed by atoms with van der Waals surface area (Å²) >= 11 is 6.02. The topological polar surface area (TPSA) is 125 Å². The van der Waals surface area contributed by atoms with E-state index in [2.05, 4.69) is 51.2 Å². The number of ether oxygens (including phenoxy) is 3. The van der Waals surface area contributed by atoms with Crippen molar-refractivity contribution in [1.29, 1.82) is 0 Å². The van der Waals surface area contributed by atoms with Crippen molar-refractivity contribution in [2.75, 3.05) is 99.8 Å². The first-order chi connectivity index (χ1) is 28.9. The molecule has 5 aromatic rings. The number of amides is 1. The van der Waals surface area contributed by atoms with Crippen LogP contribution in [-0.4, -0.2) is 121 Å². The number of carbonyl (C=O) groups excluding carboxylic acids is 1. The van der Waals surface area contributed by atoms with E-state index in [0.717, 1.165) is 83.7 Å². The minimum atomic E-state index is 0.0578. The van der Waals surface area contributed by atoms with Crippen molar-refractivity contribution >= 4 is 46.6 Å². The first-order valence-electron chi connectivity index (χ1n) is 20.2. The third kappa shape index (κ3) is 9.22. The molecule has 306 valence electrons. The third-order valence-corrected chi connectivity index (χ3v) is 11.4. The van der Waals surface area contributed by atoms with Gasteiger partial charge in [0.1, 0.15) is 17.3 Å². The molecule has 0 saturated carbocycles. The van der Waals surface area contributed by atoms with Gasteiger partial charge in [0.05, 0.1) is 33.1 Å². The van der Waals surface area contributed by atoms with Crippen LogP contribution in [0.5, 0.6) is 11.5 Å². The fourth-order valence-corrected chi connectivity index (χ4v) is 7.92. The van der Waals surface area contributed by atoms with Gasteiger partial charge in [0.15, 0.2) is 5.11 Å². The largest absolute Gasteiger partial charge is 0.497 e. The number of hydrogen-bond donors (Lipinski definition) is 1. The molecule has 3 aliphatic heterocycles. The van der Waals surface area contributed by atoms with E-state index >= 15 is 0 Å². The number of hydrogen-bond acceptors (Lipinski definition) is 12. The molecule has 0 bridgehead atoms. The van der Waals surface area contributed by atoms with Crippen LogP contribution >= 0.6 is 12.2 Å². The molecular formula is C44H50N10O4S. The number of fused-ring (bicyclic) bond motifs is 1. The van der Waals surface area contributed by atoms with Gasteiger partial charge in [-0.1, -0.05) is 31.2 Å². The summed E-state index contributed by atoms with van der Waals surface area (Å²) in [7, 11) is 3.34. The van der Waals surface area contributed by atoms with Gasteiger partial charge < -0.3 is 44.0 Å². The second kappa shape index (κ2) is 18.4. The molecule has 14 nitrogen and oxygen atoms in total. The van der Waals surface area contributed by atoms with E-state index in [1.807, 2.05) is 70.7 Å². The average Bonchev–Trinajstić information content (AvgIpc) is 3.74. The van der Waals surface area contributed by atoms with Gasteiger partial charge in [-0.3, -0.25) is 4.79 Å². The highest BCUT2D eigenvalue weighted by Crippen LogP contribution is 2.36. The van der Waals surface area contributed by atoms with Crippen LogP contribution in [0.1, 0.15) is 34.0 Å². The molecule has 3 aliphatic rings. The van der Waals surface area contributed by atoms with E-state index in [0.29, 0.717) is 74.9 Å². The summed E-state index contributed by atoms with van der Waals surface area (Å²) in [5, 5.41) is 3.93. The zero-order valence-electron chi connectivity index (χ0n) is 33.8. The van der Waals surface area contributed by atoms with E-state index in [1.54, 1.807) is 14.2 Å². The van der Waals surface area contributed by atoms with Crippen molar-refractivity contribution < 1.29 is 19.0 Å². The van der Waals surface area contributed by atoms with Crippen molar-refractivity contribution in [3.63, 3.8) is 0 Å². The van der Waals surface area contributed by atoms with Crippen LogP contribution in [0, 0.1) is 0 Å². The molecule has 1 amide bonds. The van der Waals surface area contributed by atoms with Crippen molar-refractivity contribution in [1.82, 2.24) is 29.7 Å². The Morgan fingerprint density at radius 2 is 1.41 bits per heavy atom. The Labute approximate surface area is 350 Å². The number of nitrogens with zero attached hydrogens (tertiary/aromatic N) is 9. The number of piperazine rings is 1. The lowest BCUT2D eigenvalue weighted by atomic mass is 10.1. The van der Waals surface area contributed by atoms with Crippen LogP contribution < -0.4 is 29.5 Å². The van der Waals surface area contributed by atoms with E-state index in [4.69, 9.17) is 46.4 Å². The molecular weight excluding hydrogens is 765 g/mol. The van der Waals surface area contributed by atoms with E-state index in [9.17, 15) is 4.79 Å². The first-order valence-corrected chi connectivity index (χ1v) is 20.6. The second-order valence-corrected chi connectivity index (χ2v) is 15.1. The van der Waals surface area contributed by atoms with E-state index in [1.165, 1.54) is 0 Å². The number of carbonyl (C=O) groups is 1.